The van der Waals surface area contributed by atoms with Crippen LogP contribution in [0.3, 0.4) is 0 Å². The zero-order chi connectivity index (χ0) is 25.4. The van der Waals surface area contributed by atoms with Crippen molar-refractivity contribution < 1.29 is 18.0 Å². The highest BCUT2D eigenvalue weighted by atomic mass is 35.5. The molecule has 0 heterocycles. The molecular weight excluding hydrogens is 486 g/mol. The minimum atomic E-state index is -4.10. The summed E-state index contributed by atoms with van der Waals surface area (Å²) >= 11 is 5.94. The van der Waals surface area contributed by atoms with Crippen molar-refractivity contribution in [2.24, 2.45) is 0 Å². The first-order valence-corrected chi connectivity index (χ1v) is 13.0. The van der Waals surface area contributed by atoms with Crippen LogP contribution in [0.2, 0.25) is 5.02 Å². The smallest absolute Gasteiger partial charge is 0.264 e. The maximum absolute atomic E-state index is 13.6. The highest BCUT2D eigenvalue weighted by Crippen LogP contribution is 2.25. The van der Waals surface area contributed by atoms with Crippen LogP contribution >= 0.6 is 11.6 Å². The number of carbonyl (C=O) groups excluding carboxylic acids is 2. The molecule has 0 aliphatic carbocycles. The van der Waals surface area contributed by atoms with Gasteiger partial charge in [0.1, 0.15) is 12.6 Å². The van der Waals surface area contributed by atoms with Gasteiger partial charge in [0.25, 0.3) is 10.0 Å². The van der Waals surface area contributed by atoms with Crippen molar-refractivity contribution in [3.63, 3.8) is 0 Å². The fourth-order valence-corrected chi connectivity index (χ4v) is 5.08. The molecule has 0 bridgehead atoms. The molecule has 3 aromatic carbocycles. The van der Waals surface area contributed by atoms with E-state index in [1.165, 1.54) is 29.2 Å². The van der Waals surface area contributed by atoms with Crippen molar-refractivity contribution in [2.45, 2.75) is 31.3 Å². The number of hydrogen-bond acceptors (Lipinski definition) is 4. The minimum absolute atomic E-state index is 0.00457. The number of anilines is 1. The van der Waals surface area contributed by atoms with Gasteiger partial charge in [0.05, 0.1) is 10.6 Å². The van der Waals surface area contributed by atoms with Crippen LogP contribution in [0.1, 0.15) is 19.4 Å². The summed E-state index contributed by atoms with van der Waals surface area (Å²) in [6, 6.07) is 22.6. The minimum Gasteiger partial charge on any atom is -0.355 e. The Morgan fingerprint density at radius 2 is 1.49 bits per heavy atom. The van der Waals surface area contributed by atoms with Gasteiger partial charge >= 0.3 is 0 Å². The molecule has 0 saturated carbocycles. The Kier molecular flexibility index (Phi) is 8.89. The monoisotopic (exact) mass is 513 g/mol. The average molecular weight is 514 g/mol. The Bertz CT molecular complexity index is 1240. The third-order valence-corrected chi connectivity index (χ3v) is 7.48. The highest BCUT2D eigenvalue weighted by molar-refractivity contribution is 7.92. The Hall–Kier alpha value is -3.36. The molecule has 0 aliphatic rings. The van der Waals surface area contributed by atoms with Gasteiger partial charge in [-0.05, 0) is 55.8 Å². The van der Waals surface area contributed by atoms with Crippen LogP contribution in [0.4, 0.5) is 5.69 Å². The SMILES string of the molecule is CCNC(=O)C(C)N(Cc1ccccc1)C(=O)CN(c1ccccc1)S(=O)(=O)c1ccc(Cl)cc1. The molecule has 7 nitrogen and oxygen atoms in total. The van der Waals surface area contributed by atoms with E-state index in [0.29, 0.717) is 17.3 Å². The lowest BCUT2D eigenvalue weighted by Crippen LogP contribution is -2.51. The molecule has 0 radical (unpaired) electrons. The molecule has 2 amide bonds. The van der Waals surface area contributed by atoms with Crippen LogP contribution in [0, 0.1) is 0 Å². The van der Waals surface area contributed by atoms with Crippen LogP contribution in [-0.4, -0.2) is 44.3 Å². The number of amides is 2. The first kappa shape index (κ1) is 26.2. The van der Waals surface area contributed by atoms with Crippen LogP contribution < -0.4 is 9.62 Å². The van der Waals surface area contributed by atoms with E-state index in [1.54, 1.807) is 44.2 Å². The van der Waals surface area contributed by atoms with Gasteiger partial charge in [0.2, 0.25) is 11.8 Å². The fourth-order valence-electron chi connectivity index (χ4n) is 3.54. The molecule has 1 N–H and O–H groups in total. The van der Waals surface area contributed by atoms with E-state index in [4.69, 9.17) is 11.6 Å². The number of rotatable bonds is 10. The Morgan fingerprint density at radius 3 is 2.06 bits per heavy atom. The van der Waals surface area contributed by atoms with Crippen LogP contribution in [-0.2, 0) is 26.2 Å². The summed E-state index contributed by atoms with van der Waals surface area (Å²) in [4.78, 5) is 27.7. The van der Waals surface area contributed by atoms with Gasteiger partial charge in [-0.2, -0.15) is 0 Å². The molecule has 184 valence electrons. The van der Waals surface area contributed by atoms with Crippen molar-refractivity contribution in [3.05, 3.63) is 95.5 Å². The van der Waals surface area contributed by atoms with Crippen LogP contribution in [0.5, 0.6) is 0 Å². The normalized spacial score (nSPS) is 12.0. The van der Waals surface area contributed by atoms with Gasteiger partial charge in [-0.3, -0.25) is 13.9 Å². The van der Waals surface area contributed by atoms with E-state index in [-0.39, 0.29) is 17.3 Å². The van der Waals surface area contributed by atoms with Crippen molar-refractivity contribution in [1.29, 1.82) is 0 Å². The maximum Gasteiger partial charge on any atom is 0.264 e. The van der Waals surface area contributed by atoms with Gasteiger partial charge in [-0.15, -0.1) is 0 Å². The molecule has 35 heavy (non-hydrogen) atoms. The van der Waals surface area contributed by atoms with E-state index in [2.05, 4.69) is 5.32 Å². The zero-order valence-electron chi connectivity index (χ0n) is 19.6. The van der Waals surface area contributed by atoms with Crippen LogP contribution in [0.25, 0.3) is 0 Å². The van der Waals surface area contributed by atoms with Crippen LogP contribution in [0.15, 0.2) is 89.8 Å². The zero-order valence-corrected chi connectivity index (χ0v) is 21.2. The first-order valence-electron chi connectivity index (χ1n) is 11.2. The van der Waals surface area contributed by atoms with Gasteiger partial charge in [0, 0.05) is 18.1 Å². The Balaban J connectivity index is 1.99. The highest BCUT2D eigenvalue weighted by Gasteiger charge is 2.32. The number of benzene rings is 3. The molecule has 1 unspecified atom stereocenters. The van der Waals surface area contributed by atoms with E-state index in [1.807, 2.05) is 30.3 Å². The predicted octanol–water partition coefficient (Wildman–Crippen LogP) is 4.09. The van der Waals surface area contributed by atoms with Gasteiger partial charge in [-0.25, -0.2) is 8.42 Å². The molecule has 0 spiro atoms. The standard InChI is InChI=1S/C26H28ClN3O4S/c1-3-28-26(32)20(2)29(18-21-10-6-4-7-11-21)25(31)19-30(23-12-8-5-9-13-23)35(33,34)24-16-14-22(27)15-17-24/h4-17,20H,3,18-19H2,1-2H3,(H,28,32). The summed E-state index contributed by atoms with van der Waals surface area (Å²) in [6.07, 6.45) is 0. The van der Waals surface area contributed by atoms with E-state index < -0.39 is 28.5 Å². The first-order chi connectivity index (χ1) is 16.7. The van der Waals surface area contributed by atoms with Crippen molar-refractivity contribution in [1.82, 2.24) is 10.2 Å². The summed E-state index contributed by atoms with van der Waals surface area (Å²) in [5, 5.41) is 3.13. The quantitative estimate of drug-likeness (QED) is 0.442. The summed E-state index contributed by atoms with van der Waals surface area (Å²) in [7, 11) is -4.10. The maximum atomic E-state index is 13.6. The number of hydrogen-bond donors (Lipinski definition) is 1. The second kappa shape index (κ2) is 11.9. The van der Waals surface area contributed by atoms with Gasteiger partial charge in [-0.1, -0.05) is 60.1 Å². The van der Waals surface area contributed by atoms with Crippen molar-refractivity contribution in [3.8, 4) is 0 Å². The number of sulfonamides is 1. The predicted molar refractivity (Wildman–Crippen MR) is 138 cm³/mol. The molecule has 3 rings (SSSR count). The van der Waals surface area contributed by atoms with Crippen molar-refractivity contribution in [2.75, 3.05) is 17.4 Å². The van der Waals surface area contributed by atoms with Gasteiger partial charge in [0.15, 0.2) is 0 Å². The molecule has 0 aliphatic heterocycles. The number of para-hydroxylation sites is 1. The van der Waals surface area contributed by atoms with E-state index in [9.17, 15) is 18.0 Å². The summed E-state index contributed by atoms with van der Waals surface area (Å²) in [5.41, 5.74) is 1.16. The van der Waals surface area contributed by atoms with E-state index >= 15 is 0 Å². The summed E-state index contributed by atoms with van der Waals surface area (Å²) in [5.74, 6) is -0.822. The molecule has 0 saturated heterocycles. The number of nitrogens with zero attached hydrogens (tertiary/aromatic N) is 2. The summed E-state index contributed by atoms with van der Waals surface area (Å²) in [6.45, 7) is 3.51. The average Bonchev–Trinajstić information content (AvgIpc) is 2.86. The molecule has 9 heteroatoms. The summed E-state index contributed by atoms with van der Waals surface area (Å²) < 4.78 is 28.3. The topological polar surface area (TPSA) is 86.8 Å². The molecule has 0 aromatic heterocycles. The number of halogens is 1. The number of likely N-dealkylation sites (N-methyl/N-ethyl adjacent to an activating group) is 1. The largest absolute Gasteiger partial charge is 0.355 e. The lowest BCUT2D eigenvalue weighted by atomic mass is 10.1. The van der Waals surface area contributed by atoms with E-state index in [0.717, 1.165) is 9.87 Å². The lowest BCUT2D eigenvalue weighted by molar-refractivity contribution is -0.139. The third-order valence-electron chi connectivity index (χ3n) is 5.44. The second-order valence-electron chi connectivity index (χ2n) is 7.88. The Morgan fingerprint density at radius 1 is 0.914 bits per heavy atom. The number of carbonyl (C=O) groups is 2. The number of nitrogens with one attached hydrogen (secondary N) is 1. The molecule has 0 fully saturated rings. The molecule has 3 aromatic rings. The van der Waals surface area contributed by atoms with Crippen molar-refractivity contribution >= 4 is 39.1 Å². The Labute approximate surface area is 211 Å². The van der Waals surface area contributed by atoms with Gasteiger partial charge < -0.3 is 10.2 Å². The third kappa shape index (κ3) is 6.61. The lowest BCUT2D eigenvalue weighted by Gasteiger charge is -2.32. The fraction of sp³-hybridized carbons (Fsp3) is 0.231. The molecule has 1 atom stereocenters. The second-order valence-corrected chi connectivity index (χ2v) is 10.2. The molecular formula is C26H28ClN3O4S.